The summed E-state index contributed by atoms with van der Waals surface area (Å²) in [5, 5.41) is 0. The molecule has 188 valence electrons. The Bertz CT molecular complexity index is 944. The van der Waals surface area contributed by atoms with Gasteiger partial charge in [0, 0.05) is 5.41 Å². The largest absolute Gasteiger partial charge is 0.0654 e. The van der Waals surface area contributed by atoms with E-state index in [4.69, 9.17) is 0 Å². The number of benzene rings is 3. The number of hydrogen-bond donors (Lipinski definition) is 0. The molecule has 35 heavy (non-hydrogen) atoms. The van der Waals surface area contributed by atoms with Crippen molar-refractivity contribution in [1.29, 1.82) is 0 Å². The van der Waals surface area contributed by atoms with Crippen LogP contribution in [0.2, 0.25) is 0 Å². The fourth-order valence-corrected chi connectivity index (χ4v) is 5.84. The molecular weight excluding hydrogens is 420 g/mol. The molecule has 0 nitrogen and oxygen atoms in total. The van der Waals surface area contributed by atoms with Crippen LogP contribution in [-0.2, 0) is 24.7 Å². The monoisotopic (exact) mass is 468 g/mol. The van der Waals surface area contributed by atoms with Gasteiger partial charge in [0.25, 0.3) is 0 Å². The zero-order chi connectivity index (χ0) is 24.9. The van der Waals surface area contributed by atoms with E-state index < -0.39 is 0 Å². The van der Waals surface area contributed by atoms with Crippen molar-refractivity contribution in [3.8, 4) is 0 Å². The maximum absolute atomic E-state index is 2.54. The lowest BCUT2D eigenvalue weighted by Crippen LogP contribution is -2.31. The van der Waals surface area contributed by atoms with Crippen LogP contribution in [0.3, 0.4) is 0 Å². The highest BCUT2D eigenvalue weighted by molar-refractivity contribution is 5.56. The van der Waals surface area contributed by atoms with Gasteiger partial charge in [-0.15, -0.1) is 0 Å². The topological polar surface area (TPSA) is 0 Å². The molecule has 0 saturated carbocycles. The van der Waals surface area contributed by atoms with Crippen LogP contribution in [0.25, 0.3) is 0 Å². The van der Waals surface area contributed by atoms with E-state index in [2.05, 4.69) is 100 Å². The normalized spacial score (nSPS) is 11.7. The van der Waals surface area contributed by atoms with Crippen molar-refractivity contribution in [2.75, 3.05) is 0 Å². The molecule has 0 atom stereocenters. The Balaban J connectivity index is 2.36. The summed E-state index contributed by atoms with van der Waals surface area (Å²) < 4.78 is 0. The molecule has 0 amide bonds. The van der Waals surface area contributed by atoms with Crippen molar-refractivity contribution >= 4 is 0 Å². The lowest BCUT2D eigenvalue weighted by molar-refractivity contribution is 0.520. The zero-order valence-corrected chi connectivity index (χ0v) is 22.9. The average Bonchev–Trinajstić information content (AvgIpc) is 2.91. The lowest BCUT2D eigenvalue weighted by Gasteiger charge is -2.39. The third-order valence-electron chi connectivity index (χ3n) is 7.79. The molecule has 0 heteroatoms. The van der Waals surface area contributed by atoms with E-state index in [0.29, 0.717) is 0 Å². The first kappa shape index (κ1) is 27.3. The van der Waals surface area contributed by atoms with E-state index in [1.54, 1.807) is 22.3 Å². The van der Waals surface area contributed by atoms with Gasteiger partial charge in [-0.2, -0.15) is 0 Å². The molecule has 0 radical (unpaired) electrons. The predicted molar refractivity (Wildman–Crippen MR) is 155 cm³/mol. The van der Waals surface area contributed by atoms with Crippen LogP contribution >= 0.6 is 0 Å². The van der Waals surface area contributed by atoms with Crippen molar-refractivity contribution in [3.05, 3.63) is 106 Å². The molecule has 0 aromatic heterocycles. The van der Waals surface area contributed by atoms with Crippen LogP contribution in [0, 0.1) is 0 Å². The summed E-state index contributed by atoms with van der Waals surface area (Å²) in [7, 11) is 0. The molecule has 0 fully saturated rings. The zero-order valence-electron chi connectivity index (χ0n) is 22.9. The van der Waals surface area contributed by atoms with Crippen molar-refractivity contribution < 1.29 is 0 Å². The van der Waals surface area contributed by atoms with Gasteiger partial charge < -0.3 is 0 Å². The van der Waals surface area contributed by atoms with Crippen LogP contribution < -0.4 is 0 Å². The van der Waals surface area contributed by atoms with Gasteiger partial charge in [0.1, 0.15) is 0 Å². The summed E-state index contributed by atoms with van der Waals surface area (Å²) in [6.45, 7) is 9.32. The maximum Gasteiger partial charge on any atom is 0.0454 e. The minimum Gasteiger partial charge on any atom is -0.0654 e. The summed E-state index contributed by atoms with van der Waals surface area (Å²) in [5.74, 6) is 0. The molecule has 0 saturated heterocycles. The number of unbranched alkanes of at least 4 members (excludes halogenated alkanes) is 4. The number of rotatable bonds is 15. The second-order valence-corrected chi connectivity index (χ2v) is 10.3. The van der Waals surface area contributed by atoms with E-state index >= 15 is 0 Å². The molecule has 0 heterocycles. The Kier molecular flexibility index (Phi) is 11.1. The first-order valence-corrected chi connectivity index (χ1v) is 14.5. The Hall–Kier alpha value is -2.34. The molecule has 3 aromatic carbocycles. The van der Waals surface area contributed by atoms with E-state index in [1.165, 1.54) is 81.8 Å². The molecule has 3 rings (SSSR count). The van der Waals surface area contributed by atoms with Gasteiger partial charge in [0.2, 0.25) is 0 Å². The Morgan fingerprint density at radius 3 is 1.49 bits per heavy atom. The van der Waals surface area contributed by atoms with Crippen molar-refractivity contribution in [2.24, 2.45) is 0 Å². The minimum atomic E-state index is -0.105. The molecule has 0 aliphatic rings. The quantitative estimate of drug-likeness (QED) is 0.195. The van der Waals surface area contributed by atoms with Crippen LogP contribution in [0.1, 0.15) is 119 Å². The molecule has 0 aliphatic carbocycles. The standard InChI is InChI=1S/C35H48/c1-5-9-19-29-26-27-34(33(25-11-7-3)32(29)24-10-6-2)35(28-12-8-4,30-20-15-13-16-21-30)31-22-17-14-18-23-31/h13-18,20-23,26-27H,5-12,19,24-25,28H2,1-4H3. The van der Waals surface area contributed by atoms with E-state index in [-0.39, 0.29) is 5.41 Å². The van der Waals surface area contributed by atoms with Gasteiger partial charge >= 0.3 is 0 Å². The van der Waals surface area contributed by atoms with E-state index in [0.717, 1.165) is 6.42 Å². The molecule has 0 bridgehead atoms. The summed E-state index contributed by atoms with van der Waals surface area (Å²) >= 11 is 0. The van der Waals surface area contributed by atoms with Crippen molar-refractivity contribution in [2.45, 2.75) is 110 Å². The van der Waals surface area contributed by atoms with Crippen molar-refractivity contribution in [1.82, 2.24) is 0 Å². The highest BCUT2D eigenvalue weighted by atomic mass is 14.4. The Morgan fingerprint density at radius 1 is 0.486 bits per heavy atom. The Morgan fingerprint density at radius 2 is 0.971 bits per heavy atom. The average molecular weight is 469 g/mol. The molecule has 0 aliphatic heterocycles. The second-order valence-electron chi connectivity index (χ2n) is 10.3. The SMILES string of the molecule is CCCCc1ccc(C(CCCC)(c2ccccc2)c2ccccc2)c(CCCC)c1CCCC. The second kappa shape index (κ2) is 14.3. The van der Waals surface area contributed by atoms with Gasteiger partial charge in [-0.3, -0.25) is 0 Å². The van der Waals surface area contributed by atoms with Gasteiger partial charge in [-0.05, 0) is 78.3 Å². The van der Waals surface area contributed by atoms with Gasteiger partial charge in [0.05, 0.1) is 0 Å². The lowest BCUT2D eigenvalue weighted by atomic mass is 9.64. The highest BCUT2D eigenvalue weighted by Crippen LogP contribution is 2.46. The molecule has 0 N–H and O–H groups in total. The summed E-state index contributed by atoms with van der Waals surface area (Å²) in [6.07, 6.45) is 14.8. The minimum absolute atomic E-state index is 0.105. The van der Waals surface area contributed by atoms with Gasteiger partial charge in [0.15, 0.2) is 0 Å². The van der Waals surface area contributed by atoms with Gasteiger partial charge in [-0.25, -0.2) is 0 Å². The Labute approximate surface area is 216 Å². The van der Waals surface area contributed by atoms with E-state index in [1.807, 2.05) is 0 Å². The third-order valence-corrected chi connectivity index (χ3v) is 7.79. The molecule has 3 aromatic rings. The summed E-state index contributed by atoms with van der Waals surface area (Å²) in [4.78, 5) is 0. The number of aryl methyl sites for hydroxylation is 1. The summed E-state index contributed by atoms with van der Waals surface area (Å²) in [5.41, 5.74) is 9.31. The summed E-state index contributed by atoms with van der Waals surface area (Å²) in [6, 6.07) is 27.8. The van der Waals surface area contributed by atoms with E-state index in [9.17, 15) is 0 Å². The first-order valence-electron chi connectivity index (χ1n) is 14.5. The van der Waals surface area contributed by atoms with Crippen LogP contribution in [0.5, 0.6) is 0 Å². The third kappa shape index (κ3) is 6.46. The van der Waals surface area contributed by atoms with Crippen molar-refractivity contribution in [3.63, 3.8) is 0 Å². The molecule has 0 unspecified atom stereocenters. The molecule has 0 spiro atoms. The van der Waals surface area contributed by atoms with Gasteiger partial charge in [-0.1, -0.05) is 133 Å². The highest BCUT2D eigenvalue weighted by Gasteiger charge is 2.38. The fraction of sp³-hybridized carbons (Fsp3) is 0.486. The number of hydrogen-bond acceptors (Lipinski definition) is 0. The first-order chi connectivity index (χ1) is 17.2. The van der Waals surface area contributed by atoms with Crippen LogP contribution in [0.15, 0.2) is 72.8 Å². The van der Waals surface area contributed by atoms with Crippen LogP contribution in [0.4, 0.5) is 0 Å². The predicted octanol–water partition coefficient (Wildman–Crippen LogP) is 10.2. The smallest absolute Gasteiger partial charge is 0.0454 e. The fourth-order valence-electron chi connectivity index (χ4n) is 5.84. The maximum atomic E-state index is 2.54. The molecular formula is C35H48. The van der Waals surface area contributed by atoms with Crippen LogP contribution in [-0.4, -0.2) is 0 Å².